The minimum absolute atomic E-state index is 0.250. The first-order chi connectivity index (χ1) is 11.6. The highest BCUT2D eigenvalue weighted by Crippen LogP contribution is 2.23. The molecule has 0 aliphatic heterocycles. The van der Waals surface area contributed by atoms with E-state index in [1.165, 1.54) is 7.11 Å². The Kier molecular flexibility index (Phi) is 4.24. The second-order valence-corrected chi connectivity index (χ2v) is 5.35. The van der Waals surface area contributed by atoms with Gasteiger partial charge < -0.3 is 10.1 Å². The van der Waals surface area contributed by atoms with Gasteiger partial charge in [-0.05, 0) is 55.5 Å². The second kappa shape index (κ2) is 6.50. The first kappa shape index (κ1) is 15.7. The molecule has 0 unspecified atom stereocenters. The predicted molar refractivity (Wildman–Crippen MR) is 92.2 cm³/mol. The number of aromatic nitrogens is 1. The van der Waals surface area contributed by atoms with E-state index in [-0.39, 0.29) is 5.91 Å². The van der Waals surface area contributed by atoms with E-state index < -0.39 is 5.97 Å². The Balaban J connectivity index is 1.86. The van der Waals surface area contributed by atoms with Crippen molar-refractivity contribution >= 4 is 28.5 Å². The Morgan fingerprint density at radius 3 is 2.38 bits per heavy atom. The SMILES string of the molecule is COC(=O)c1ccc(C(=O)Nc2cccc3nc(C)ccc23)cc1. The third-order valence-corrected chi connectivity index (χ3v) is 3.69. The van der Waals surface area contributed by atoms with E-state index in [0.29, 0.717) is 16.8 Å². The van der Waals surface area contributed by atoms with Gasteiger partial charge in [-0.1, -0.05) is 6.07 Å². The molecule has 0 aliphatic carbocycles. The van der Waals surface area contributed by atoms with Gasteiger partial charge in [0.25, 0.3) is 5.91 Å². The van der Waals surface area contributed by atoms with Gasteiger partial charge in [0, 0.05) is 16.6 Å². The Bertz CT molecular complexity index is 918. The molecule has 0 saturated heterocycles. The molecule has 0 radical (unpaired) electrons. The predicted octanol–water partition coefficient (Wildman–Crippen LogP) is 3.58. The van der Waals surface area contributed by atoms with Crippen molar-refractivity contribution in [1.82, 2.24) is 4.98 Å². The Morgan fingerprint density at radius 2 is 1.67 bits per heavy atom. The number of pyridine rings is 1. The normalized spacial score (nSPS) is 10.4. The summed E-state index contributed by atoms with van der Waals surface area (Å²) in [6, 6.07) is 15.7. The highest BCUT2D eigenvalue weighted by Gasteiger charge is 2.11. The summed E-state index contributed by atoms with van der Waals surface area (Å²) >= 11 is 0. The number of carbonyl (C=O) groups excluding carboxylic acids is 2. The van der Waals surface area contributed by atoms with Gasteiger partial charge in [-0.3, -0.25) is 9.78 Å². The number of benzene rings is 2. The fraction of sp³-hybridized carbons (Fsp3) is 0.105. The minimum Gasteiger partial charge on any atom is -0.465 e. The molecular formula is C19H16N2O3. The highest BCUT2D eigenvalue weighted by molar-refractivity contribution is 6.09. The van der Waals surface area contributed by atoms with Crippen molar-refractivity contribution in [2.75, 3.05) is 12.4 Å². The number of ether oxygens (including phenoxy) is 1. The van der Waals surface area contributed by atoms with Crippen molar-refractivity contribution in [1.29, 1.82) is 0 Å². The minimum atomic E-state index is -0.433. The van der Waals surface area contributed by atoms with Crippen LogP contribution in [-0.2, 0) is 4.74 Å². The summed E-state index contributed by atoms with van der Waals surface area (Å²) in [6.45, 7) is 1.92. The molecule has 5 heteroatoms. The largest absolute Gasteiger partial charge is 0.465 e. The van der Waals surface area contributed by atoms with Crippen LogP contribution >= 0.6 is 0 Å². The molecule has 0 atom stereocenters. The Morgan fingerprint density at radius 1 is 0.958 bits per heavy atom. The third kappa shape index (κ3) is 3.10. The molecular weight excluding hydrogens is 304 g/mol. The van der Waals surface area contributed by atoms with E-state index in [4.69, 9.17) is 0 Å². The number of fused-ring (bicyclic) bond motifs is 1. The average Bonchev–Trinajstić information content (AvgIpc) is 2.61. The van der Waals surface area contributed by atoms with Gasteiger partial charge in [0.15, 0.2) is 0 Å². The van der Waals surface area contributed by atoms with Crippen LogP contribution in [0.25, 0.3) is 10.9 Å². The number of rotatable bonds is 3. The van der Waals surface area contributed by atoms with Gasteiger partial charge >= 0.3 is 5.97 Å². The van der Waals surface area contributed by atoms with E-state index in [9.17, 15) is 9.59 Å². The first-order valence-corrected chi connectivity index (χ1v) is 7.44. The Labute approximate surface area is 139 Å². The zero-order valence-electron chi connectivity index (χ0n) is 13.4. The van der Waals surface area contributed by atoms with Crippen molar-refractivity contribution in [2.45, 2.75) is 6.92 Å². The van der Waals surface area contributed by atoms with Crippen LogP contribution in [0.1, 0.15) is 26.4 Å². The summed E-state index contributed by atoms with van der Waals surface area (Å²) in [4.78, 5) is 28.3. The fourth-order valence-electron chi connectivity index (χ4n) is 2.44. The first-order valence-electron chi connectivity index (χ1n) is 7.44. The van der Waals surface area contributed by atoms with Crippen LogP contribution in [0.4, 0.5) is 5.69 Å². The number of hydrogen-bond acceptors (Lipinski definition) is 4. The monoisotopic (exact) mass is 320 g/mol. The van der Waals surface area contributed by atoms with Gasteiger partial charge in [0.1, 0.15) is 0 Å². The van der Waals surface area contributed by atoms with Gasteiger partial charge in [0.2, 0.25) is 0 Å². The van der Waals surface area contributed by atoms with Crippen LogP contribution in [0.2, 0.25) is 0 Å². The lowest BCUT2D eigenvalue weighted by Gasteiger charge is -2.09. The standard InChI is InChI=1S/C19H16N2O3/c1-12-6-11-15-16(20-12)4-3-5-17(15)21-18(22)13-7-9-14(10-8-13)19(23)24-2/h3-11H,1-2H3,(H,21,22). The molecule has 1 amide bonds. The van der Waals surface area contributed by atoms with E-state index in [1.54, 1.807) is 24.3 Å². The summed E-state index contributed by atoms with van der Waals surface area (Å²) in [6.07, 6.45) is 0. The van der Waals surface area contributed by atoms with E-state index in [0.717, 1.165) is 16.6 Å². The van der Waals surface area contributed by atoms with Crippen LogP contribution in [0, 0.1) is 6.92 Å². The van der Waals surface area contributed by atoms with Gasteiger partial charge in [-0.25, -0.2) is 4.79 Å². The number of methoxy groups -OCH3 is 1. The number of hydrogen-bond donors (Lipinski definition) is 1. The van der Waals surface area contributed by atoms with E-state index in [2.05, 4.69) is 15.0 Å². The van der Waals surface area contributed by atoms with Crippen LogP contribution in [-0.4, -0.2) is 24.0 Å². The molecule has 2 aromatic carbocycles. The molecule has 0 bridgehead atoms. The Hall–Kier alpha value is -3.21. The lowest BCUT2D eigenvalue weighted by Crippen LogP contribution is -2.12. The van der Waals surface area contributed by atoms with Gasteiger partial charge in [0.05, 0.1) is 23.9 Å². The van der Waals surface area contributed by atoms with Crippen molar-refractivity contribution in [3.63, 3.8) is 0 Å². The number of esters is 1. The molecule has 120 valence electrons. The molecule has 0 aliphatic rings. The van der Waals surface area contributed by atoms with Crippen LogP contribution in [0.3, 0.4) is 0 Å². The summed E-state index contributed by atoms with van der Waals surface area (Å²) in [5, 5.41) is 3.77. The number of carbonyl (C=O) groups is 2. The lowest BCUT2D eigenvalue weighted by molar-refractivity contribution is 0.0600. The number of nitrogens with one attached hydrogen (secondary N) is 1. The number of nitrogens with zero attached hydrogens (tertiary/aromatic N) is 1. The molecule has 1 heterocycles. The molecule has 0 fully saturated rings. The summed E-state index contributed by atoms with van der Waals surface area (Å²) in [7, 11) is 1.32. The van der Waals surface area contributed by atoms with Crippen LogP contribution in [0.5, 0.6) is 0 Å². The average molecular weight is 320 g/mol. The van der Waals surface area contributed by atoms with Crippen LogP contribution < -0.4 is 5.32 Å². The summed E-state index contributed by atoms with van der Waals surface area (Å²) < 4.78 is 4.64. The second-order valence-electron chi connectivity index (χ2n) is 5.35. The lowest BCUT2D eigenvalue weighted by atomic mass is 10.1. The van der Waals surface area contributed by atoms with Crippen LogP contribution in [0.15, 0.2) is 54.6 Å². The molecule has 0 spiro atoms. The number of amides is 1. The van der Waals surface area contributed by atoms with Crippen molar-refractivity contribution in [3.05, 3.63) is 71.4 Å². The molecule has 3 rings (SSSR count). The summed E-state index contributed by atoms with van der Waals surface area (Å²) in [5.74, 6) is -0.683. The topological polar surface area (TPSA) is 68.3 Å². The quantitative estimate of drug-likeness (QED) is 0.749. The van der Waals surface area contributed by atoms with Crippen molar-refractivity contribution in [3.8, 4) is 0 Å². The third-order valence-electron chi connectivity index (χ3n) is 3.69. The van der Waals surface area contributed by atoms with Crippen molar-refractivity contribution < 1.29 is 14.3 Å². The number of anilines is 1. The molecule has 3 aromatic rings. The molecule has 1 aromatic heterocycles. The number of aryl methyl sites for hydroxylation is 1. The maximum Gasteiger partial charge on any atom is 0.337 e. The maximum atomic E-state index is 12.4. The fourth-order valence-corrected chi connectivity index (χ4v) is 2.44. The molecule has 5 nitrogen and oxygen atoms in total. The maximum absolute atomic E-state index is 12.4. The smallest absolute Gasteiger partial charge is 0.337 e. The van der Waals surface area contributed by atoms with E-state index >= 15 is 0 Å². The zero-order valence-corrected chi connectivity index (χ0v) is 13.4. The van der Waals surface area contributed by atoms with E-state index in [1.807, 2.05) is 37.3 Å². The summed E-state index contributed by atoms with van der Waals surface area (Å²) in [5.41, 5.74) is 3.30. The molecule has 24 heavy (non-hydrogen) atoms. The highest BCUT2D eigenvalue weighted by atomic mass is 16.5. The molecule has 1 N–H and O–H groups in total. The van der Waals surface area contributed by atoms with Crippen molar-refractivity contribution in [2.24, 2.45) is 0 Å². The van der Waals surface area contributed by atoms with Gasteiger partial charge in [-0.15, -0.1) is 0 Å². The zero-order chi connectivity index (χ0) is 17.1. The molecule has 0 saturated carbocycles. The van der Waals surface area contributed by atoms with Gasteiger partial charge in [-0.2, -0.15) is 0 Å².